The summed E-state index contributed by atoms with van der Waals surface area (Å²) in [7, 11) is 0. The van der Waals surface area contributed by atoms with Gasteiger partial charge in [-0.3, -0.25) is 14.4 Å². The van der Waals surface area contributed by atoms with E-state index >= 15 is 0 Å². The molecule has 164 valence electrons. The monoisotopic (exact) mass is 435 g/mol. The summed E-state index contributed by atoms with van der Waals surface area (Å²) in [6.45, 7) is 0.404. The van der Waals surface area contributed by atoms with Crippen molar-refractivity contribution in [2.24, 2.45) is 0 Å². The number of benzene rings is 1. The Kier molecular flexibility index (Phi) is 5.18. The second-order valence-electron chi connectivity index (χ2n) is 7.73. The molecule has 1 aromatic carbocycles. The molecule has 0 unspecified atom stereocenters. The fourth-order valence-electron chi connectivity index (χ4n) is 3.49. The van der Waals surface area contributed by atoms with Crippen molar-refractivity contribution >= 4 is 5.91 Å². The number of ether oxygens (including phenoxy) is 2. The fourth-order valence-corrected chi connectivity index (χ4v) is 3.49. The van der Waals surface area contributed by atoms with Crippen LogP contribution < -0.4 is 25.9 Å². The maximum Gasteiger partial charge on any atom is 0.267 e. The molecule has 0 saturated heterocycles. The SMILES string of the molecule is O=C(Cn1nc(-c2ccc3c(c2)OCO3)ccc1=O)NCCn1nc(C2CC2)ccc1=O. The average Bonchev–Trinajstić information content (AvgIpc) is 3.53. The van der Waals surface area contributed by atoms with E-state index in [9.17, 15) is 14.4 Å². The van der Waals surface area contributed by atoms with Crippen molar-refractivity contribution in [3.63, 3.8) is 0 Å². The molecular formula is C22H21N5O5. The quantitative estimate of drug-likeness (QED) is 0.586. The molecule has 1 aliphatic heterocycles. The fraction of sp³-hybridized carbons (Fsp3) is 0.318. The number of carbonyl (C=O) groups excluding carboxylic acids is 1. The number of hydrogen-bond donors (Lipinski definition) is 1. The largest absolute Gasteiger partial charge is 0.454 e. The molecule has 0 atom stereocenters. The first kappa shape index (κ1) is 20.0. The first-order valence-corrected chi connectivity index (χ1v) is 10.4. The zero-order chi connectivity index (χ0) is 22.1. The second kappa shape index (κ2) is 8.29. The van der Waals surface area contributed by atoms with Crippen LogP contribution >= 0.6 is 0 Å². The molecule has 5 rings (SSSR count). The zero-order valence-electron chi connectivity index (χ0n) is 17.2. The molecular weight excluding hydrogens is 414 g/mol. The van der Waals surface area contributed by atoms with Gasteiger partial charge in [-0.2, -0.15) is 10.2 Å². The van der Waals surface area contributed by atoms with Gasteiger partial charge in [-0.15, -0.1) is 0 Å². The van der Waals surface area contributed by atoms with Crippen LogP contribution in [0, 0.1) is 0 Å². The molecule has 1 aliphatic carbocycles. The number of hydrogen-bond acceptors (Lipinski definition) is 7. The molecule has 32 heavy (non-hydrogen) atoms. The Morgan fingerprint density at radius 2 is 1.75 bits per heavy atom. The molecule has 1 amide bonds. The highest BCUT2D eigenvalue weighted by Crippen LogP contribution is 2.38. The minimum Gasteiger partial charge on any atom is -0.454 e. The third-order valence-electron chi connectivity index (χ3n) is 5.36. The zero-order valence-corrected chi connectivity index (χ0v) is 17.2. The van der Waals surface area contributed by atoms with Crippen LogP contribution in [-0.4, -0.2) is 38.8 Å². The molecule has 2 aromatic heterocycles. The third kappa shape index (κ3) is 4.25. The van der Waals surface area contributed by atoms with Gasteiger partial charge in [0.25, 0.3) is 11.1 Å². The highest BCUT2D eigenvalue weighted by atomic mass is 16.7. The van der Waals surface area contributed by atoms with Crippen LogP contribution in [-0.2, 0) is 17.9 Å². The van der Waals surface area contributed by atoms with Crippen LogP contribution in [0.5, 0.6) is 11.5 Å². The summed E-state index contributed by atoms with van der Waals surface area (Å²) in [4.78, 5) is 36.5. The average molecular weight is 435 g/mol. The van der Waals surface area contributed by atoms with E-state index in [-0.39, 0.29) is 43.5 Å². The summed E-state index contributed by atoms with van der Waals surface area (Å²) >= 11 is 0. The maximum absolute atomic E-state index is 12.4. The van der Waals surface area contributed by atoms with E-state index in [2.05, 4.69) is 15.5 Å². The highest BCUT2D eigenvalue weighted by Gasteiger charge is 2.25. The summed E-state index contributed by atoms with van der Waals surface area (Å²) in [5.41, 5.74) is 1.58. The number of nitrogens with zero attached hydrogens (tertiary/aromatic N) is 4. The second-order valence-corrected chi connectivity index (χ2v) is 7.73. The number of carbonyl (C=O) groups is 1. The Bertz CT molecular complexity index is 1290. The highest BCUT2D eigenvalue weighted by molar-refractivity contribution is 5.75. The van der Waals surface area contributed by atoms with Gasteiger partial charge in [0.15, 0.2) is 11.5 Å². The lowest BCUT2D eigenvalue weighted by Gasteiger charge is -2.10. The van der Waals surface area contributed by atoms with Gasteiger partial charge in [0.05, 0.1) is 17.9 Å². The van der Waals surface area contributed by atoms with E-state index < -0.39 is 0 Å². The molecule has 3 heterocycles. The summed E-state index contributed by atoms with van der Waals surface area (Å²) < 4.78 is 13.2. The number of amides is 1. The Morgan fingerprint density at radius 1 is 0.969 bits per heavy atom. The van der Waals surface area contributed by atoms with Crippen molar-refractivity contribution in [1.29, 1.82) is 0 Å². The van der Waals surface area contributed by atoms with Crippen LogP contribution in [0.15, 0.2) is 52.1 Å². The summed E-state index contributed by atoms with van der Waals surface area (Å²) in [5.74, 6) is 1.31. The van der Waals surface area contributed by atoms with Crippen LogP contribution in [0.4, 0.5) is 0 Å². The predicted molar refractivity (Wildman–Crippen MR) is 114 cm³/mol. The standard InChI is InChI=1S/C22H21N5O5/c28-20(23-9-10-26-21(29)7-4-16(24-26)14-1-2-14)12-27-22(30)8-5-17(25-27)15-3-6-18-19(11-15)32-13-31-18/h3-8,11,14H,1-2,9-10,12-13H2,(H,23,28). The van der Waals surface area contributed by atoms with Gasteiger partial charge in [0, 0.05) is 30.2 Å². The first-order chi connectivity index (χ1) is 15.6. The summed E-state index contributed by atoms with van der Waals surface area (Å²) in [6, 6.07) is 11.6. The summed E-state index contributed by atoms with van der Waals surface area (Å²) in [6.07, 6.45) is 2.18. The van der Waals surface area contributed by atoms with Crippen molar-refractivity contribution in [3.8, 4) is 22.8 Å². The van der Waals surface area contributed by atoms with Crippen molar-refractivity contribution < 1.29 is 14.3 Å². The lowest BCUT2D eigenvalue weighted by atomic mass is 10.1. The number of aromatic nitrogens is 4. The summed E-state index contributed by atoms with van der Waals surface area (Å²) in [5, 5.41) is 11.4. The van der Waals surface area contributed by atoms with E-state index in [4.69, 9.17) is 9.47 Å². The van der Waals surface area contributed by atoms with E-state index in [0.29, 0.717) is 23.1 Å². The van der Waals surface area contributed by atoms with Gasteiger partial charge in [0.1, 0.15) is 6.54 Å². The maximum atomic E-state index is 12.4. The molecule has 1 N–H and O–H groups in total. The molecule has 0 bridgehead atoms. The Morgan fingerprint density at radius 3 is 2.59 bits per heavy atom. The molecule has 1 saturated carbocycles. The van der Waals surface area contributed by atoms with Crippen molar-refractivity contribution in [2.75, 3.05) is 13.3 Å². The van der Waals surface area contributed by atoms with Gasteiger partial charge in [-0.05, 0) is 43.2 Å². The Balaban J connectivity index is 1.23. The Labute approximate surface area is 182 Å². The van der Waals surface area contributed by atoms with Crippen molar-refractivity contribution in [2.45, 2.75) is 31.8 Å². The predicted octanol–water partition coefficient (Wildman–Crippen LogP) is 0.889. The van der Waals surface area contributed by atoms with Crippen LogP contribution in [0.2, 0.25) is 0 Å². The Hall–Kier alpha value is -3.95. The smallest absolute Gasteiger partial charge is 0.267 e. The van der Waals surface area contributed by atoms with Gasteiger partial charge in [-0.25, -0.2) is 9.36 Å². The van der Waals surface area contributed by atoms with Crippen LogP contribution in [0.1, 0.15) is 24.5 Å². The van der Waals surface area contributed by atoms with Crippen molar-refractivity contribution in [1.82, 2.24) is 24.9 Å². The van der Waals surface area contributed by atoms with E-state index in [1.165, 1.54) is 16.8 Å². The van der Waals surface area contributed by atoms with E-state index in [0.717, 1.165) is 28.8 Å². The van der Waals surface area contributed by atoms with E-state index in [1.54, 1.807) is 24.3 Å². The molecule has 0 radical (unpaired) electrons. The minimum atomic E-state index is -0.389. The topological polar surface area (TPSA) is 117 Å². The lowest BCUT2D eigenvalue weighted by Crippen LogP contribution is -2.36. The molecule has 0 spiro atoms. The van der Waals surface area contributed by atoms with Crippen LogP contribution in [0.3, 0.4) is 0 Å². The molecule has 10 heteroatoms. The number of nitrogens with one attached hydrogen (secondary N) is 1. The van der Waals surface area contributed by atoms with Gasteiger partial charge in [0.2, 0.25) is 12.7 Å². The first-order valence-electron chi connectivity index (χ1n) is 10.4. The van der Waals surface area contributed by atoms with Crippen LogP contribution in [0.25, 0.3) is 11.3 Å². The molecule has 10 nitrogen and oxygen atoms in total. The van der Waals surface area contributed by atoms with Crippen molar-refractivity contribution in [3.05, 3.63) is 68.9 Å². The molecule has 1 fully saturated rings. The number of rotatable bonds is 7. The van der Waals surface area contributed by atoms with Gasteiger partial charge >= 0.3 is 0 Å². The third-order valence-corrected chi connectivity index (χ3v) is 5.36. The van der Waals surface area contributed by atoms with Gasteiger partial charge in [-0.1, -0.05) is 0 Å². The van der Waals surface area contributed by atoms with E-state index in [1.807, 2.05) is 6.07 Å². The minimum absolute atomic E-state index is 0.165. The molecule has 2 aliphatic rings. The normalized spacial score (nSPS) is 14.4. The van der Waals surface area contributed by atoms with Gasteiger partial charge < -0.3 is 14.8 Å². The lowest BCUT2D eigenvalue weighted by molar-refractivity contribution is -0.121. The molecule has 3 aromatic rings. The number of fused-ring (bicyclic) bond motifs is 1.